The molecule has 1 aliphatic heterocycles. The third-order valence-corrected chi connectivity index (χ3v) is 6.49. The quantitative estimate of drug-likeness (QED) is 0.476. The molecule has 1 fully saturated rings. The van der Waals surface area contributed by atoms with E-state index in [1.165, 1.54) is 0 Å². The van der Waals surface area contributed by atoms with Gasteiger partial charge in [0.2, 0.25) is 5.91 Å². The lowest BCUT2D eigenvalue weighted by molar-refractivity contribution is -0.125. The number of carbonyl (C=O) groups is 1. The Morgan fingerprint density at radius 2 is 1.91 bits per heavy atom. The van der Waals surface area contributed by atoms with E-state index >= 15 is 0 Å². The molecule has 9 heteroatoms. The van der Waals surface area contributed by atoms with Crippen LogP contribution in [0.3, 0.4) is 0 Å². The molecule has 0 aliphatic carbocycles. The van der Waals surface area contributed by atoms with Crippen molar-refractivity contribution in [2.45, 2.75) is 33.2 Å². The normalized spacial score (nSPS) is 14.7. The van der Waals surface area contributed by atoms with Crippen molar-refractivity contribution in [1.82, 2.24) is 25.3 Å². The molecule has 8 nitrogen and oxygen atoms in total. The number of nitrogens with zero attached hydrogens (tertiary/aromatic N) is 5. The topological polar surface area (TPSA) is 89.1 Å². The maximum atomic E-state index is 12.6. The Morgan fingerprint density at radius 3 is 2.61 bits per heavy atom. The lowest BCUT2D eigenvalue weighted by Crippen LogP contribution is -2.40. The summed E-state index contributed by atoms with van der Waals surface area (Å²) in [6.45, 7) is 5.85. The van der Waals surface area contributed by atoms with Crippen molar-refractivity contribution in [3.63, 3.8) is 0 Å². The third-order valence-electron chi connectivity index (χ3n) is 6.24. The average Bonchev–Trinajstić information content (AvgIpc) is 3.47. The maximum Gasteiger partial charge on any atom is 0.223 e. The van der Waals surface area contributed by atoms with Gasteiger partial charge in [0.05, 0.1) is 35.3 Å². The number of amides is 1. The zero-order chi connectivity index (χ0) is 22.9. The number of furan rings is 1. The SMILES string of the molecule is Cc1nnc(N2CCC(C(=O)NCc3ccco3)CC2)c2nn(-c3ccc(Cl)cc3)c(C)c12. The number of rotatable bonds is 5. The summed E-state index contributed by atoms with van der Waals surface area (Å²) in [6.07, 6.45) is 3.11. The summed E-state index contributed by atoms with van der Waals surface area (Å²) in [5.74, 6) is 1.55. The summed E-state index contributed by atoms with van der Waals surface area (Å²) in [6, 6.07) is 11.3. The fourth-order valence-corrected chi connectivity index (χ4v) is 4.57. The Balaban J connectivity index is 1.35. The number of halogens is 1. The van der Waals surface area contributed by atoms with Crippen LogP contribution in [0.25, 0.3) is 16.6 Å². The van der Waals surface area contributed by atoms with Gasteiger partial charge in [0.25, 0.3) is 0 Å². The number of aromatic nitrogens is 4. The van der Waals surface area contributed by atoms with E-state index in [4.69, 9.17) is 21.1 Å². The molecule has 3 aromatic heterocycles. The summed E-state index contributed by atoms with van der Waals surface area (Å²) in [7, 11) is 0. The van der Waals surface area contributed by atoms with Crippen molar-refractivity contribution in [3.05, 3.63) is 64.8 Å². The third kappa shape index (κ3) is 4.18. The van der Waals surface area contributed by atoms with E-state index in [9.17, 15) is 4.79 Å². The van der Waals surface area contributed by atoms with Gasteiger partial charge in [0.1, 0.15) is 11.3 Å². The summed E-state index contributed by atoms with van der Waals surface area (Å²) in [4.78, 5) is 14.8. The van der Waals surface area contributed by atoms with Gasteiger partial charge < -0.3 is 14.6 Å². The first-order chi connectivity index (χ1) is 16.0. The number of hydrogen-bond acceptors (Lipinski definition) is 6. The Morgan fingerprint density at radius 1 is 1.15 bits per heavy atom. The average molecular weight is 465 g/mol. The fourth-order valence-electron chi connectivity index (χ4n) is 4.44. The van der Waals surface area contributed by atoms with Gasteiger partial charge in [-0.3, -0.25) is 4.79 Å². The van der Waals surface area contributed by atoms with Crippen LogP contribution in [0.15, 0.2) is 47.1 Å². The molecule has 1 N–H and O–H groups in total. The standard InChI is InChI=1S/C24H25ClN6O2/c1-15-21-16(2)31(19-7-5-18(25)6-8-19)29-22(21)23(28-27-15)30-11-9-17(10-12-30)24(32)26-14-20-4-3-13-33-20/h3-8,13,17H,9-12,14H2,1-2H3,(H,26,32). The molecule has 0 radical (unpaired) electrons. The van der Waals surface area contributed by atoms with Gasteiger partial charge >= 0.3 is 0 Å². The molecule has 0 bridgehead atoms. The maximum absolute atomic E-state index is 12.6. The highest BCUT2D eigenvalue weighted by Crippen LogP contribution is 2.31. The lowest BCUT2D eigenvalue weighted by atomic mass is 9.95. The molecule has 0 saturated carbocycles. The van der Waals surface area contributed by atoms with Gasteiger partial charge in [-0.15, -0.1) is 5.10 Å². The van der Waals surface area contributed by atoms with Crippen molar-refractivity contribution in [2.75, 3.05) is 18.0 Å². The van der Waals surface area contributed by atoms with Gasteiger partial charge in [0.15, 0.2) is 5.82 Å². The molecule has 0 atom stereocenters. The largest absolute Gasteiger partial charge is 0.467 e. The Bertz CT molecular complexity index is 1270. The van der Waals surface area contributed by atoms with Crippen LogP contribution >= 0.6 is 11.6 Å². The minimum Gasteiger partial charge on any atom is -0.467 e. The second-order valence-corrected chi connectivity index (χ2v) is 8.80. The molecular weight excluding hydrogens is 440 g/mol. The minimum absolute atomic E-state index is 0.0292. The molecule has 4 heterocycles. The van der Waals surface area contributed by atoms with Crippen LogP contribution in [-0.4, -0.2) is 39.0 Å². The number of fused-ring (bicyclic) bond motifs is 1. The van der Waals surface area contributed by atoms with Crippen LogP contribution in [0, 0.1) is 19.8 Å². The number of anilines is 1. The minimum atomic E-state index is -0.0292. The zero-order valence-electron chi connectivity index (χ0n) is 18.6. The van der Waals surface area contributed by atoms with E-state index in [2.05, 4.69) is 20.4 Å². The number of benzene rings is 1. The van der Waals surface area contributed by atoms with Gasteiger partial charge in [0, 0.05) is 24.0 Å². The first kappa shape index (κ1) is 21.5. The van der Waals surface area contributed by atoms with E-state index in [1.54, 1.807) is 6.26 Å². The van der Waals surface area contributed by atoms with Crippen molar-refractivity contribution in [3.8, 4) is 5.69 Å². The molecule has 5 rings (SSSR count). The van der Waals surface area contributed by atoms with Crippen LogP contribution in [0.4, 0.5) is 5.82 Å². The van der Waals surface area contributed by atoms with E-state index in [-0.39, 0.29) is 11.8 Å². The second kappa shape index (κ2) is 8.86. The van der Waals surface area contributed by atoms with Crippen LogP contribution in [0.5, 0.6) is 0 Å². The molecule has 0 spiro atoms. The first-order valence-electron chi connectivity index (χ1n) is 11.0. The molecule has 0 unspecified atom stereocenters. The monoisotopic (exact) mass is 464 g/mol. The predicted molar refractivity (Wildman–Crippen MR) is 127 cm³/mol. The highest BCUT2D eigenvalue weighted by molar-refractivity contribution is 6.30. The molecule has 4 aromatic rings. The lowest BCUT2D eigenvalue weighted by Gasteiger charge is -2.31. The molecule has 170 valence electrons. The summed E-state index contributed by atoms with van der Waals surface area (Å²) in [5.41, 5.74) is 3.62. The second-order valence-electron chi connectivity index (χ2n) is 8.36. The van der Waals surface area contributed by atoms with Gasteiger partial charge in [-0.05, 0) is 63.1 Å². The smallest absolute Gasteiger partial charge is 0.223 e. The number of nitrogens with one attached hydrogen (secondary N) is 1. The zero-order valence-corrected chi connectivity index (χ0v) is 19.3. The molecule has 1 amide bonds. The molecule has 1 saturated heterocycles. The molecule has 1 aliphatic rings. The number of carbonyl (C=O) groups excluding carboxylic acids is 1. The highest BCUT2D eigenvalue weighted by Gasteiger charge is 2.28. The van der Waals surface area contributed by atoms with Gasteiger partial charge in [-0.2, -0.15) is 10.2 Å². The molecular formula is C24H25ClN6O2. The first-order valence-corrected chi connectivity index (χ1v) is 11.4. The number of aryl methyl sites for hydroxylation is 2. The van der Waals surface area contributed by atoms with E-state index < -0.39 is 0 Å². The molecule has 33 heavy (non-hydrogen) atoms. The Hall–Kier alpha value is -3.39. The van der Waals surface area contributed by atoms with Crippen LogP contribution in [0.2, 0.25) is 5.02 Å². The van der Waals surface area contributed by atoms with Crippen LogP contribution in [-0.2, 0) is 11.3 Å². The Kier molecular flexibility index (Phi) is 5.76. The van der Waals surface area contributed by atoms with Crippen LogP contribution < -0.4 is 10.2 Å². The van der Waals surface area contributed by atoms with Crippen molar-refractivity contribution >= 4 is 34.2 Å². The highest BCUT2D eigenvalue weighted by atomic mass is 35.5. The van der Waals surface area contributed by atoms with Gasteiger partial charge in [-0.25, -0.2) is 4.68 Å². The van der Waals surface area contributed by atoms with Crippen molar-refractivity contribution < 1.29 is 9.21 Å². The summed E-state index contributed by atoms with van der Waals surface area (Å²) in [5, 5.41) is 18.5. The van der Waals surface area contributed by atoms with Crippen molar-refractivity contribution in [2.24, 2.45) is 5.92 Å². The Labute approximate surface area is 196 Å². The summed E-state index contributed by atoms with van der Waals surface area (Å²) >= 11 is 6.06. The van der Waals surface area contributed by atoms with E-state index in [0.717, 1.165) is 65.5 Å². The van der Waals surface area contributed by atoms with E-state index in [1.807, 2.05) is 54.9 Å². The number of hydrogen-bond donors (Lipinski definition) is 1. The molecule has 1 aromatic carbocycles. The fraction of sp³-hybridized carbons (Fsp3) is 0.333. The van der Waals surface area contributed by atoms with Crippen LogP contribution in [0.1, 0.15) is 30.0 Å². The summed E-state index contributed by atoms with van der Waals surface area (Å²) < 4.78 is 7.20. The number of piperidine rings is 1. The van der Waals surface area contributed by atoms with Gasteiger partial charge in [-0.1, -0.05) is 11.6 Å². The van der Waals surface area contributed by atoms with Crippen molar-refractivity contribution in [1.29, 1.82) is 0 Å². The van der Waals surface area contributed by atoms with E-state index in [0.29, 0.717) is 11.6 Å². The predicted octanol–water partition coefficient (Wildman–Crippen LogP) is 4.21.